The monoisotopic (exact) mass is 348 g/mol. The molecular weight excluding hydrogens is 348 g/mol. The summed E-state index contributed by atoms with van der Waals surface area (Å²) >= 11 is 0. The van der Waals surface area contributed by atoms with Gasteiger partial charge >= 0.3 is 0 Å². The van der Waals surface area contributed by atoms with Crippen LogP contribution in [0.15, 0.2) is 0 Å². The summed E-state index contributed by atoms with van der Waals surface area (Å²) in [4.78, 5) is 0. The van der Waals surface area contributed by atoms with E-state index in [0.29, 0.717) is 0 Å². The Hall–Kier alpha value is -3.14. The summed E-state index contributed by atoms with van der Waals surface area (Å²) in [6.07, 6.45) is 0. The summed E-state index contributed by atoms with van der Waals surface area (Å²) in [6, 6.07) is 1.95. The van der Waals surface area contributed by atoms with Crippen molar-refractivity contribution < 1.29 is 35.1 Å². The zero-order chi connectivity index (χ0) is 18.3. The van der Waals surface area contributed by atoms with Crippen LogP contribution in [0.1, 0.15) is 11.1 Å². The second-order valence-electron chi connectivity index (χ2n) is 4.24. The van der Waals surface area contributed by atoms with Crippen LogP contribution in [0.5, 0.6) is 0 Å². The molecule has 0 aliphatic rings. The molecule has 0 aromatic heterocycles. The Kier molecular flexibility index (Phi) is 4.17. The molecule has 0 heterocycles. The zero-order valence-electron chi connectivity index (χ0n) is 10.9. The van der Waals surface area contributed by atoms with Crippen molar-refractivity contribution in [2.24, 2.45) is 0 Å². The van der Waals surface area contributed by atoms with Crippen LogP contribution in [-0.4, -0.2) is 0 Å². The number of nitriles is 2. The molecule has 0 atom stereocenters. The fraction of sp³-hybridized carbons (Fsp3) is 0. The average Bonchev–Trinajstić information content (AvgIpc) is 2.57. The molecule has 0 spiro atoms. The lowest BCUT2D eigenvalue weighted by molar-refractivity contribution is 0.380. The van der Waals surface area contributed by atoms with Gasteiger partial charge in [-0.3, -0.25) is 0 Å². The Morgan fingerprint density at radius 3 is 1.17 bits per heavy atom. The fourth-order valence-electron chi connectivity index (χ4n) is 1.94. The molecular formula is C14F8N2. The van der Waals surface area contributed by atoms with E-state index in [9.17, 15) is 35.1 Å². The van der Waals surface area contributed by atoms with E-state index in [1.54, 1.807) is 0 Å². The van der Waals surface area contributed by atoms with Gasteiger partial charge in [0.15, 0.2) is 40.7 Å². The molecule has 0 aliphatic carbocycles. The maximum Gasteiger partial charge on any atom is 0.200 e. The molecule has 2 rings (SSSR count). The summed E-state index contributed by atoms with van der Waals surface area (Å²) in [7, 11) is 0. The van der Waals surface area contributed by atoms with E-state index in [2.05, 4.69) is 0 Å². The third kappa shape index (κ3) is 2.15. The van der Waals surface area contributed by atoms with Gasteiger partial charge in [0.05, 0.1) is 11.1 Å². The number of nitrogens with zero attached hydrogens (tertiary/aromatic N) is 2. The molecule has 0 unspecified atom stereocenters. The van der Waals surface area contributed by atoms with Crippen LogP contribution in [0.25, 0.3) is 11.1 Å². The van der Waals surface area contributed by atoms with Crippen LogP contribution in [0.4, 0.5) is 35.1 Å². The molecule has 2 nitrogen and oxygen atoms in total. The topological polar surface area (TPSA) is 47.6 Å². The molecule has 0 saturated heterocycles. The van der Waals surface area contributed by atoms with Gasteiger partial charge in [-0.15, -0.1) is 0 Å². The second kappa shape index (κ2) is 5.81. The van der Waals surface area contributed by atoms with Crippen LogP contribution >= 0.6 is 0 Å². The van der Waals surface area contributed by atoms with Crippen molar-refractivity contribution >= 4 is 0 Å². The Balaban J connectivity index is 3.15. The Morgan fingerprint density at radius 2 is 0.750 bits per heavy atom. The minimum atomic E-state index is -2.57. The van der Waals surface area contributed by atoms with Crippen molar-refractivity contribution in [2.75, 3.05) is 0 Å². The van der Waals surface area contributed by atoms with E-state index >= 15 is 0 Å². The molecule has 24 heavy (non-hydrogen) atoms. The van der Waals surface area contributed by atoms with E-state index in [1.165, 1.54) is 0 Å². The standard InChI is InChI=1S/C14F8N2/c15-7-4(2-24)3(1-23)5(8(16)11(7)19)6-9(17)12(20)14(22)13(21)10(6)18. The minimum Gasteiger partial charge on any atom is -0.203 e. The number of hydrogen-bond donors (Lipinski definition) is 0. The van der Waals surface area contributed by atoms with Gasteiger partial charge in [-0.05, 0) is 0 Å². The second-order valence-corrected chi connectivity index (χ2v) is 4.24. The SMILES string of the molecule is N#Cc1c(F)c(F)c(F)c(-c2c(F)c(F)c(F)c(F)c2F)c1C#N. The van der Waals surface area contributed by atoms with Gasteiger partial charge < -0.3 is 0 Å². The number of benzene rings is 2. The van der Waals surface area contributed by atoms with Crippen molar-refractivity contribution in [3.8, 4) is 23.3 Å². The van der Waals surface area contributed by atoms with Crippen LogP contribution < -0.4 is 0 Å². The van der Waals surface area contributed by atoms with Crippen LogP contribution in [0.3, 0.4) is 0 Å². The predicted octanol–water partition coefficient (Wildman–Crippen LogP) is 4.21. The molecule has 0 saturated carbocycles. The zero-order valence-corrected chi connectivity index (χ0v) is 10.9. The van der Waals surface area contributed by atoms with Crippen molar-refractivity contribution in [3.05, 3.63) is 57.7 Å². The van der Waals surface area contributed by atoms with E-state index in [4.69, 9.17) is 10.5 Å². The van der Waals surface area contributed by atoms with E-state index in [1.807, 2.05) is 0 Å². The Morgan fingerprint density at radius 1 is 0.417 bits per heavy atom. The highest BCUT2D eigenvalue weighted by molar-refractivity contribution is 5.76. The highest BCUT2D eigenvalue weighted by Crippen LogP contribution is 2.38. The van der Waals surface area contributed by atoms with Crippen molar-refractivity contribution in [1.82, 2.24) is 0 Å². The first-order valence-electron chi connectivity index (χ1n) is 5.71. The number of halogens is 8. The lowest BCUT2D eigenvalue weighted by atomic mass is 9.94. The third-order valence-corrected chi connectivity index (χ3v) is 3.01. The van der Waals surface area contributed by atoms with Crippen molar-refractivity contribution in [3.63, 3.8) is 0 Å². The summed E-state index contributed by atoms with van der Waals surface area (Å²) in [6.45, 7) is 0. The van der Waals surface area contributed by atoms with Gasteiger partial charge in [-0.1, -0.05) is 0 Å². The summed E-state index contributed by atoms with van der Waals surface area (Å²) < 4.78 is 108. The quantitative estimate of drug-likeness (QED) is 0.440. The molecule has 0 bridgehead atoms. The lowest BCUT2D eigenvalue weighted by Crippen LogP contribution is -2.09. The lowest BCUT2D eigenvalue weighted by Gasteiger charge is -2.13. The number of rotatable bonds is 1. The van der Waals surface area contributed by atoms with Gasteiger partial charge in [0, 0.05) is 5.56 Å². The maximum absolute atomic E-state index is 13.9. The van der Waals surface area contributed by atoms with Gasteiger partial charge in [-0.25, -0.2) is 35.1 Å². The van der Waals surface area contributed by atoms with E-state index in [-0.39, 0.29) is 0 Å². The Bertz CT molecular complexity index is 940. The molecule has 0 amide bonds. The number of hydrogen-bond acceptors (Lipinski definition) is 2. The summed E-state index contributed by atoms with van der Waals surface area (Å²) in [5.74, 6) is -19.6. The average molecular weight is 348 g/mol. The van der Waals surface area contributed by atoms with Gasteiger partial charge in [0.25, 0.3) is 0 Å². The third-order valence-electron chi connectivity index (χ3n) is 3.01. The molecule has 2 aromatic rings. The first-order chi connectivity index (χ1) is 11.2. The predicted molar refractivity (Wildman–Crippen MR) is 61.0 cm³/mol. The normalized spacial score (nSPS) is 10.4. The molecule has 122 valence electrons. The summed E-state index contributed by atoms with van der Waals surface area (Å²) in [5, 5.41) is 17.5. The molecule has 0 aliphatic heterocycles. The smallest absolute Gasteiger partial charge is 0.200 e. The molecule has 0 radical (unpaired) electrons. The maximum atomic E-state index is 13.9. The fourth-order valence-corrected chi connectivity index (χ4v) is 1.94. The van der Waals surface area contributed by atoms with Crippen LogP contribution in [0.2, 0.25) is 0 Å². The molecule has 2 aromatic carbocycles. The van der Waals surface area contributed by atoms with Gasteiger partial charge in [0.2, 0.25) is 5.82 Å². The van der Waals surface area contributed by atoms with Gasteiger partial charge in [-0.2, -0.15) is 10.5 Å². The first-order valence-corrected chi connectivity index (χ1v) is 5.71. The van der Waals surface area contributed by atoms with Gasteiger partial charge in [0.1, 0.15) is 17.7 Å². The van der Waals surface area contributed by atoms with Crippen LogP contribution in [-0.2, 0) is 0 Å². The first kappa shape index (κ1) is 17.2. The molecule has 10 heteroatoms. The van der Waals surface area contributed by atoms with E-state index in [0.717, 1.165) is 12.1 Å². The van der Waals surface area contributed by atoms with Crippen molar-refractivity contribution in [2.45, 2.75) is 0 Å². The Labute approximate surface area is 127 Å². The van der Waals surface area contributed by atoms with Crippen LogP contribution in [0, 0.1) is 69.2 Å². The summed E-state index contributed by atoms with van der Waals surface area (Å²) in [5.41, 5.74) is -6.61. The van der Waals surface area contributed by atoms with Crippen molar-refractivity contribution in [1.29, 1.82) is 10.5 Å². The highest BCUT2D eigenvalue weighted by Gasteiger charge is 2.33. The minimum absolute atomic E-state index is 0.962. The largest absolute Gasteiger partial charge is 0.203 e. The highest BCUT2D eigenvalue weighted by atomic mass is 19.2. The van der Waals surface area contributed by atoms with E-state index < -0.39 is 68.8 Å². The molecule has 0 fully saturated rings. The molecule has 0 N–H and O–H groups in total.